The minimum absolute atomic E-state index is 0.173. The minimum Gasteiger partial charge on any atom is -0.496 e. The number of fused-ring (bicyclic) bond motifs is 3. The molecule has 0 radical (unpaired) electrons. The van der Waals surface area contributed by atoms with E-state index in [9.17, 15) is 9.59 Å². The summed E-state index contributed by atoms with van der Waals surface area (Å²) < 4.78 is 31.2. The molecule has 9 nitrogen and oxygen atoms in total. The smallest absolute Gasteiger partial charge is 0.182 e. The monoisotopic (exact) mass is 499 g/mol. The fraction of sp³-hybridized carbons (Fsp3) is 0.407. The van der Waals surface area contributed by atoms with Crippen LogP contribution in [0.5, 0.6) is 34.5 Å². The van der Waals surface area contributed by atoms with Gasteiger partial charge in [-0.1, -0.05) is 0 Å². The zero-order chi connectivity index (χ0) is 26.2. The molecule has 194 valence electrons. The Bertz CT molecular complexity index is 1070. The van der Waals surface area contributed by atoms with Gasteiger partial charge < -0.3 is 33.3 Å². The zero-order valence-electron chi connectivity index (χ0n) is 21.6. The summed E-state index contributed by atoms with van der Waals surface area (Å²) in [7, 11) is 9.32. The molecule has 2 bridgehead atoms. The number of piperidine rings is 3. The van der Waals surface area contributed by atoms with Crippen molar-refractivity contribution in [2.45, 2.75) is 12.8 Å². The summed E-state index contributed by atoms with van der Waals surface area (Å²) in [5, 5.41) is 0. The summed E-state index contributed by atoms with van der Waals surface area (Å²) in [6, 6.07) is 6.87. The van der Waals surface area contributed by atoms with Gasteiger partial charge in [0.15, 0.2) is 12.1 Å². The van der Waals surface area contributed by atoms with Crippen LogP contribution in [-0.2, 0) is 4.79 Å². The van der Waals surface area contributed by atoms with Crippen LogP contribution in [0, 0.1) is 5.92 Å². The Hall–Kier alpha value is -3.88. The van der Waals surface area contributed by atoms with Crippen LogP contribution in [-0.4, -0.2) is 72.7 Å². The highest BCUT2D eigenvalue weighted by Gasteiger charge is 2.36. The largest absolute Gasteiger partial charge is 0.496 e. The van der Waals surface area contributed by atoms with Crippen LogP contribution in [0.2, 0.25) is 0 Å². The van der Waals surface area contributed by atoms with E-state index in [1.54, 1.807) is 45.6 Å². The highest BCUT2D eigenvalue weighted by atomic mass is 16.5. The third kappa shape index (κ3) is 5.50. The first-order chi connectivity index (χ1) is 17.4. The Morgan fingerprint density at radius 1 is 0.694 bits per heavy atom. The number of ketones is 1. The first-order valence-electron chi connectivity index (χ1n) is 11.5. The molecule has 5 rings (SSSR count). The van der Waals surface area contributed by atoms with Gasteiger partial charge in [0.25, 0.3) is 0 Å². The number of Topliss-reactive ketones (excluding diaryl/α,β-unsaturated/α-hetero) is 1. The molecule has 0 aromatic heterocycles. The van der Waals surface area contributed by atoms with E-state index >= 15 is 0 Å². The molecule has 2 aromatic carbocycles. The predicted octanol–water partition coefficient (Wildman–Crippen LogP) is 3.87. The standard InChI is InChI=1S/C17H21NO4.C10H12O4/c1-20-12-8-15(21-2)13(16(9-12)22-3)10-14-17(19)11-4-6-18(14)7-5-11;1-12-7-4-9(13-2)8(6-11)10(5-7)14-3/h8-11H,4-7H2,1-3H3;4-6H,1-3H3/b14-10+;. The van der Waals surface area contributed by atoms with Gasteiger partial charge in [0.1, 0.15) is 34.5 Å². The van der Waals surface area contributed by atoms with E-state index in [0.717, 1.165) is 37.2 Å². The number of carbonyl (C=O) groups is 2. The first kappa shape index (κ1) is 26.7. The molecule has 36 heavy (non-hydrogen) atoms. The summed E-state index contributed by atoms with van der Waals surface area (Å²) in [4.78, 5) is 25.4. The van der Waals surface area contributed by atoms with E-state index in [1.165, 1.54) is 21.3 Å². The molecule has 0 aliphatic carbocycles. The van der Waals surface area contributed by atoms with Gasteiger partial charge in [0, 0.05) is 43.3 Å². The number of ether oxygens (including phenoxy) is 6. The van der Waals surface area contributed by atoms with Gasteiger partial charge in [0.05, 0.1) is 59.5 Å². The van der Waals surface area contributed by atoms with Crippen LogP contribution in [0.3, 0.4) is 0 Å². The molecule has 0 amide bonds. The predicted molar refractivity (Wildman–Crippen MR) is 135 cm³/mol. The van der Waals surface area contributed by atoms with Gasteiger partial charge in [-0.2, -0.15) is 0 Å². The van der Waals surface area contributed by atoms with Crippen LogP contribution >= 0.6 is 0 Å². The highest BCUT2D eigenvalue weighted by Crippen LogP contribution is 2.39. The van der Waals surface area contributed by atoms with Crippen molar-refractivity contribution in [2.75, 3.05) is 55.7 Å². The molecule has 3 heterocycles. The molecule has 3 aliphatic rings. The minimum atomic E-state index is 0.173. The van der Waals surface area contributed by atoms with Crippen molar-refractivity contribution in [3.63, 3.8) is 0 Å². The van der Waals surface area contributed by atoms with Crippen molar-refractivity contribution in [1.82, 2.24) is 4.90 Å². The topological polar surface area (TPSA) is 92.8 Å². The third-order valence-electron chi connectivity index (χ3n) is 6.36. The maximum atomic E-state index is 12.5. The number of nitrogens with zero attached hydrogens (tertiary/aromatic N) is 1. The molecular formula is C27H33NO8. The van der Waals surface area contributed by atoms with E-state index in [-0.39, 0.29) is 11.7 Å². The van der Waals surface area contributed by atoms with Crippen LogP contribution in [0.1, 0.15) is 28.8 Å². The highest BCUT2D eigenvalue weighted by molar-refractivity contribution is 6.02. The Balaban J connectivity index is 0.000000223. The Kier molecular flexibility index (Phi) is 9.05. The first-order valence-corrected chi connectivity index (χ1v) is 11.5. The second-order valence-electron chi connectivity index (χ2n) is 8.16. The molecule has 3 aliphatic heterocycles. The van der Waals surface area contributed by atoms with E-state index in [4.69, 9.17) is 28.4 Å². The summed E-state index contributed by atoms with van der Waals surface area (Å²) in [6.45, 7) is 1.89. The van der Waals surface area contributed by atoms with E-state index in [0.29, 0.717) is 46.3 Å². The average Bonchev–Trinajstić information content (AvgIpc) is 2.94. The molecule has 0 atom stereocenters. The zero-order valence-corrected chi connectivity index (χ0v) is 21.6. The number of aldehydes is 1. The third-order valence-corrected chi connectivity index (χ3v) is 6.36. The van der Waals surface area contributed by atoms with Crippen molar-refractivity contribution < 1.29 is 38.0 Å². The maximum absolute atomic E-state index is 12.5. The number of carbonyl (C=O) groups excluding carboxylic acids is 2. The van der Waals surface area contributed by atoms with Gasteiger partial charge in [-0.05, 0) is 18.9 Å². The number of rotatable bonds is 8. The average molecular weight is 500 g/mol. The van der Waals surface area contributed by atoms with E-state index in [2.05, 4.69) is 4.90 Å². The second kappa shape index (κ2) is 12.2. The summed E-state index contributed by atoms with van der Waals surface area (Å²) in [5.41, 5.74) is 1.93. The van der Waals surface area contributed by atoms with E-state index < -0.39 is 0 Å². The number of hydrogen-bond donors (Lipinski definition) is 0. The molecular weight excluding hydrogens is 466 g/mol. The van der Waals surface area contributed by atoms with Crippen LogP contribution in [0.15, 0.2) is 30.0 Å². The van der Waals surface area contributed by atoms with Gasteiger partial charge in [-0.25, -0.2) is 0 Å². The van der Waals surface area contributed by atoms with Gasteiger partial charge in [-0.15, -0.1) is 0 Å². The number of hydrogen-bond acceptors (Lipinski definition) is 9. The molecule has 3 saturated heterocycles. The fourth-order valence-corrected chi connectivity index (χ4v) is 4.37. The Morgan fingerprint density at radius 3 is 1.44 bits per heavy atom. The molecule has 0 N–H and O–H groups in total. The second-order valence-corrected chi connectivity index (χ2v) is 8.16. The number of allylic oxidation sites excluding steroid dienone is 1. The van der Waals surface area contributed by atoms with Crippen molar-refractivity contribution in [3.8, 4) is 34.5 Å². The lowest BCUT2D eigenvalue weighted by Gasteiger charge is -2.41. The van der Waals surface area contributed by atoms with Crippen LogP contribution in [0.4, 0.5) is 0 Å². The number of benzene rings is 2. The summed E-state index contributed by atoms with van der Waals surface area (Å²) in [6.07, 6.45) is 4.52. The lowest BCUT2D eigenvalue weighted by molar-refractivity contribution is -0.125. The maximum Gasteiger partial charge on any atom is 0.182 e. The van der Waals surface area contributed by atoms with Crippen molar-refractivity contribution in [3.05, 3.63) is 41.1 Å². The van der Waals surface area contributed by atoms with Crippen molar-refractivity contribution in [1.29, 1.82) is 0 Å². The van der Waals surface area contributed by atoms with Crippen LogP contribution < -0.4 is 28.4 Å². The van der Waals surface area contributed by atoms with Gasteiger partial charge in [0.2, 0.25) is 0 Å². The molecule has 0 saturated carbocycles. The van der Waals surface area contributed by atoms with E-state index in [1.807, 2.05) is 6.08 Å². The van der Waals surface area contributed by atoms with Gasteiger partial charge in [-0.3, -0.25) is 9.59 Å². The summed E-state index contributed by atoms with van der Waals surface area (Å²) >= 11 is 0. The fourth-order valence-electron chi connectivity index (χ4n) is 4.37. The SMILES string of the molecule is COc1cc(OC)c(/C=C2\C(=O)C3CCN2CC3)c(OC)c1.COc1cc(OC)c(C=O)c(OC)c1. The molecule has 2 aromatic rings. The molecule has 3 fully saturated rings. The van der Waals surface area contributed by atoms with Crippen molar-refractivity contribution >= 4 is 18.1 Å². The Labute approximate surface area is 211 Å². The lowest BCUT2D eigenvalue weighted by atomic mass is 9.84. The summed E-state index contributed by atoms with van der Waals surface area (Å²) in [5.74, 6) is 3.81. The lowest BCUT2D eigenvalue weighted by Crippen LogP contribution is -2.45. The normalized spacial score (nSPS) is 15.7. The number of methoxy groups -OCH3 is 6. The van der Waals surface area contributed by atoms with Gasteiger partial charge >= 0.3 is 0 Å². The Morgan fingerprint density at radius 2 is 1.11 bits per heavy atom. The molecule has 0 unspecified atom stereocenters. The van der Waals surface area contributed by atoms with Crippen molar-refractivity contribution in [2.24, 2.45) is 5.92 Å². The molecule has 0 spiro atoms. The quantitative estimate of drug-likeness (QED) is 0.396. The molecule has 9 heteroatoms. The van der Waals surface area contributed by atoms with Crippen LogP contribution in [0.25, 0.3) is 6.08 Å².